The summed E-state index contributed by atoms with van der Waals surface area (Å²) in [6.45, 7) is 0. The van der Waals surface area contributed by atoms with Gasteiger partial charge in [-0.1, -0.05) is 133 Å². The van der Waals surface area contributed by atoms with Crippen LogP contribution in [0.2, 0.25) is 0 Å². The summed E-state index contributed by atoms with van der Waals surface area (Å²) in [5.74, 6) is 0.724. The first-order valence-corrected chi connectivity index (χ1v) is 16.0. The molecule has 0 atom stereocenters. The predicted molar refractivity (Wildman–Crippen MR) is 197 cm³/mol. The molecular weight excluding hydrogens is 571 g/mol. The molecule has 8 aromatic carbocycles. The molecule has 0 bridgehead atoms. The van der Waals surface area contributed by atoms with Gasteiger partial charge in [-0.15, -0.1) is 0 Å². The van der Waals surface area contributed by atoms with Crippen LogP contribution in [0.25, 0.3) is 93.4 Å². The largest absolute Gasteiger partial charge is 0.309 e. The maximum Gasteiger partial charge on any atom is 0.160 e. The fraction of sp³-hybridized carbons (Fsp3) is 0. The molecule has 47 heavy (non-hydrogen) atoms. The summed E-state index contributed by atoms with van der Waals surface area (Å²) >= 11 is 0. The van der Waals surface area contributed by atoms with Crippen molar-refractivity contribution >= 4 is 65.0 Å². The van der Waals surface area contributed by atoms with Gasteiger partial charge in [-0.05, 0) is 62.6 Å². The molecule has 0 N–H and O–H groups in total. The van der Waals surface area contributed by atoms with E-state index in [2.05, 4.69) is 144 Å². The van der Waals surface area contributed by atoms with Crippen molar-refractivity contribution in [1.82, 2.24) is 14.5 Å². The number of hydrogen-bond acceptors (Lipinski definition) is 2. The van der Waals surface area contributed by atoms with Crippen LogP contribution in [-0.4, -0.2) is 14.5 Å². The van der Waals surface area contributed by atoms with Gasteiger partial charge in [0.1, 0.15) is 0 Å². The monoisotopic (exact) mass is 597 g/mol. The molecule has 3 nitrogen and oxygen atoms in total. The molecule has 0 saturated carbocycles. The van der Waals surface area contributed by atoms with Gasteiger partial charge >= 0.3 is 0 Å². The first-order valence-electron chi connectivity index (χ1n) is 16.0. The number of rotatable bonds is 3. The average Bonchev–Trinajstić information content (AvgIpc) is 3.49. The molecule has 3 heteroatoms. The van der Waals surface area contributed by atoms with Crippen molar-refractivity contribution in [2.45, 2.75) is 0 Å². The second kappa shape index (κ2) is 10.1. The Morgan fingerprint density at radius 1 is 0.383 bits per heavy atom. The van der Waals surface area contributed by atoms with E-state index in [0.717, 1.165) is 39.2 Å². The zero-order chi connectivity index (χ0) is 30.9. The van der Waals surface area contributed by atoms with Crippen LogP contribution in [0, 0.1) is 0 Å². The van der Waals surface area contributed by atoms with Crippen molar-refractivity contribution in [2.75, 3.05) is 0 Å². The summed E-state index contributed by atoms with van der Waals surface area (Å²) in [6, 6.07) is 58.4. The fourth-order valence-electron chi connectivity index (χ4n) is 7.45. The molecule has 0 amide bonds. The second-order valence-electron chi connectivity index (χ2n) is 12.2. The van der Waals surface area contributed by atoms with Crippen LogP contribution in [0.1, 0.15) is 0 Å². The number of fused-ring (bicyclic) bond motifs is 10. The van der Waals surface area contributed by atoms with Gasteiger partial charge in [-0.3, -0.25) is 0 Å². The van der Waals surface area contributed by atoms with E-state index in [0.29, 0.717) is 0 Å². The van der Waals surface area contributed by atoms with Gasteiger partial charge in [0, 0.05) is 33.0 Å². The van der Waals surface area contributed by atoms with E-state index in [9.17, 15) is 0 Å². The quantitative estimate of drug-likeness (QED) is 0.190. The molecule has 0 aliphatic carbocycles. The topological polar surface area (TPSA) is 30.7 Å². The van der Waals surface area contributed by atoms with Crippen LogP contribution in [-0.2, 0) is 0 Å². The lowest BCUT2D eigenvalue weighted by Crippen LogP contribution is -1.98. The molecule has 0 fully saturated rings. The Hall–Kier alpha value is -6.32. The Labute approximate surface area is 271 Å². The normalized spacial score (nSPS) is 11.8. The summed E-state index contributed by atoms with van der Waals surface area (Å²) in [7, 11) is 0. The first kappa shape index (κ1) is 26.0. The third kappa shape index (κ3) is 3.93. The highest BCUT2D eigenvalue weighted by molar-refractivity contribution is 6.29. The van der Waals surface area contributed by atoms with E-state index in [1.807, 2.05) is 24.3 Å². The Bertz CT molecular complexity index is 2830. The number of aromatic nitrogens is 3. The van der Waals surface area contributed by atoms with Crippen LogP contribution >= 0.6 is 0 Å². The molecule has 10 rings (SSSR count). The molecule has 0 radical (unpaired) electrons. The number of nitrogens with zero attached hydrogens (tertiary/aromatic N) is 3. The number of para-hydroxylation sites is 1. The Balaban J connectivity index is 1.27. The minimum atomic E-state index is 0.724. The predicted octanol–water partition coefficient (Wildman–Crippen LogP) is 11.5. The summed E-state index contributed by atoms with van der Waals surface area (Å²) in [5, 5.41) is 11.2. The van der Waals surface area contributed by atoms with E-state index in [1.165, 1.54) is 54.1 Å². The minimum Gasteiger partial charge on any atom is -0.309 e. The van der Waals surface area contributed by atoms with Gasteiger partial charge in [0.25, 0.3) is 0 Å². The molecule has 10 aromatic rings. The molecule has 0 aliphatic rings. The lowest BCUT2D eigenvalue weighted by atomic mass is 9.94. The summed E-state index contributed by atoms with van der Waals surface area (Å²) < 4.78 is 2.39. The van der Waals surface area contributed by atoms with E-state index in [-0.39, 0.29) is 0 Å². The van der Waals surface area contributed by atoms with E-state index >= 15 is 0 Å². The third-order valence-electron chi connectivity index (χ3n) is 9.56. The van der Waals surface area contributed by atoms with Crippen LogP contribution in [0.3, 0.4) is 0 Å². The smallest absolute Gasteiger partial charge is 0.160 e. The lowest BCUT2D eigenvalue weighted by Gasteiger charge is -2.13. The molecule has 0 aliphatic heterocycles. The van der Waals surface area contributed by atoms with Crippen LogP contribution < -0.4 is 0 Å². The number of hydrogen-bond donors (Lipinski definition) is 0. The first-order chi connectivity index (χ1) is 23.3. The lowest BCUT2D eigenvalue weighted by molar-refractivity contribution is 1.17. The van der Waals surface area contributed by atoms with Crippen molar-refractivity contribution in [3.63, 3.8) is 0 Å². The molecular formula is C44H27N3. The van der Waals surface area contributed by atoms with Crippen LogP contribution in [0.4, 0.5) is 0 Å². The maximum atomic E-state index is 5.15. The van der Waals surface area contributed by atoms with E-state index in [4.69, 9.17) is 9.97 Å². The Morgan fingerprint density at radius 3 is 1.87 bits per heavy atom. The summed E-state index contributed by atoms with van der Waals surface area (Å²) in [5.41, 5.74) is 7.36. The van der Waals surface area contributed by atoms with Gasteiger partial charge in [-0.2, -0.15) is 0 Å². The van der Waals surface area contributed by atoms with Gasteiger partial charge in [0.05, 0.1) is 22.2 Å². The van der Waals surface area contributed by atoms with Gasteiger partial charge in [-0.25, -0.2) is 9.97 Å². The summed E-state index contributed by atoms with van der Waals surface area (Å²) in [6.07, 6.45) is 0. The van der Waals surface area contributed by atoms with Crippen molar-refractivity contribution in [3.05, 3.63) is 164 Å². The molecule has 0 unspecified atom stereocenters. The van der Waals surface area contributed by atoms with E-state index in [1.54, 1.807) is 0 Å². The maximum absolute atomic E-state index is 5.15. The van der Waals surface area contributed by atoms with Crippen LogP contribution in [0.5, 0.6) is 0 Å². The zero-order valence-corrected chi connectivity index (χ0v) is 25.4. The van der Waals surface area contributed by atoms with Gasteiger partial charge in [0.15, 0.2) is 5.82 Å². The van der Waals surface area contributed by atoms with Crippen molar-refractivity contribution in [3.8, 4) is 28.3 Å². The molecule has 2 aromatic heterocycles. The standard InChI is InChI=1S/C44H27N3/c1-3-12-30(13-4-1)43-36-24-22-32(27-38(36)45-44(46-43)31-14-5-2-6-15-31)47-39-18-10-9-17-37(39)42-35-23-21-29-20-19-28-11-7-8-16-33(28)41(29)34(35)25-26-40(42)47/h1-27H. The third-order valence-corrected chi connectivity index (χ3v) is 9.56. The average molecular weight is 598 g/mol. The second-order valence-corrected chi connectivity index (χ2v) is 12.2. The summed E-state index contributed by atoms with van der Waals surface area (Å²) in [4.78, 5) is 10.2. The Morgan fingerprint density at radius 2 is 1.02 bits per heavy atom. The molecule has 0 saturated heterocycles. The molecule has 218 valence electrons. The molecule has 0 spiro atoms. The van der Waals surface area contributed by atoms with Crippen molar-refractivity contribution in [2.24, 2.45) is 0 Å². The highest BCUT2D eigenvalue weighted by Crippen LogP contribution is 2.41. The van der Waals surface area contributed by atoms with Crippen molar-refractivity contribution in [1.29, 1.82) is 0 Å². The fourth-order valence-corrected chi connectivity index (χ4v) is 7.45. The van der Waals surface area contributed by atoms with Crippen molar-refractivity contribution < 1.29 is 0 Å². The number of benzene rings is 8. The minimum absolute atomic E-state index is 0.724. The van der Waals surface area contributed by atoms with Gasteiger partial charge < -0.3 is 4.57 Å². The van der Waals surface area contributed by atoms with E-state index < -0.39 is 0 Å². The van der Waals surface area contributed by atoms with Crippen LogP contribution in [0.15, 0.2) is 164 Å². The highest BCUT2D eigenvalue weighted by Gasteiger charge is 2.18. The Kier molecular flexibility index (Phi) is 5.57. The SMILES string of the molecule is c1ccc(-c2nc(-c3ccccc3)c3ccc(-n4c5ccccc5c5c6ccc7ccc8ccccc8c7c6ccc54)cc3n2)cc1. The molecule has 2 heterocycles. The highest BCUT2D eigenvalue weighted by atomic mass is 15.0. The zero-order valence-electron chi connectivity index (χ0n) is 25.4. The van der Waals surface area contributed by atoms with Gasteiger partial charge in [0.2, 0.25) is 0 Å².